The minimum Gasteiger partial charge on any atom is -0.476 e. The molecule has 3 heterocycles. The molecule has 104 valence electrons. The number of hydrogen-bond donors (Lipinski definition) is 1. The first-order valence-electron chi connectivity index (χ1n) is 6.92. The van der Waals surface area contributed by atoms with Gasteiger partial charge in [0.25, 0.3) is 6.01 Å². The van der Waals surface area contributed by atoms with Gasteiger partial charge in [-0.3, -0.25) is 4.90 Å². The summed E-state index contributed by atoms with van der Waals surface area (Å²) in [5.74, 6) is -1.04. The third-order valence-electron chi connectivity index (χ3n) is 4.05. The van der Waals surface area contributed by atoms with Gasteiger partial charge >= 0.3 is 5.97 Å². The van der Waals surface area contributed by atoms with E-state index < -0.39 is 5.97 Å². The van der Waals surface area contributed by atoms with E-state index >= 15 is 0 Å². The third-order valence-corrected chi connectivity index (χ3v) is 4.05. The van der Waals surface area contributed by atoms with Crippen LogP contribution in [0.3, 0.4) is 0 Å². The molecular weight excluding hydrogens is 246 g/mol. The average Bonchev–Trinajstić information content (AvgIpc) is 3.09. The number of aromatic carboxylic acids is 1. The Morgan fingerprint density at radius 1 is 1.32 bits per heavy atom. The molecule has 0 aromatic carbocycles. The first-order chi connectivity index (χ1) is 9.24. The minimum absolute atomic E-state index is 0.0172. The summed E-state index contributed by atoms with van der Waals surface area (Å²) in [4.78, 5) is 19.4. The van der Waals surface area contributed by atoms with Crippen LogP contribution in [0.4, 0.5) is 6.01 Å². The van der Waals surface area contributed by atoms with E-state index in [1.807, 2.05) is 4.90 Å². The molecule has 0 radical (unpaired) electrons. The van der Waals surface area contributed by atoms with Gasteiger partial charge in [0, 0.05) is 19.1 Å². The fourth-order valence-electron chi connectivity index (χ4n) is 3.00. The number of anilines is 1. The number of carbonyl (C=O) groups is 1. The second kappa shape index (κ2) is 5.21. The second-order valence-electron chi connectivity index (χ2n) is 5.31. The van der Waals surface area contributed by atoms with Crippen LogP contribution >= 0.6 is 0 Å². The van der Waals surface area contributed by atoms with Crippen molar-refractivity contribution in [3.8, 4) is 0 Å². The zero-order valence-corrected chi connectivity index (χ0v) is 10.9. The predicted octanol–water partition coefficient (Wildman–Crippen LogP) is 1.44. The van der Waals surface area contributed by atoms with E-state index in [1.165, 1.54) is 38.6 Å². The smallest absolute Gasteiger partial charge is 0.357 e. The van der Waals surface area contributed by atoms with Crippen molar-refractivity contribution in [1.29, 1.82) is 0 Å². The average molecular weight is 265 g/mol. The molecule has 1 atom stereocenters. The van der Waals surface area contributed by atoms with Gasteiger partial charge in [-0.1, -0.05) is 6.42 Å². The van der Waals surface area contributed by atoms with E-state index in [2.05, 4.69) is 9.88 Å². The molecule has 0 saturated carbocycles. The van der Waals surface area contributed by atoms with Crippen molar-refractivity contribution in [2.45, 2.75) is 31.7 Å². The molecule has 0 bridgehead atoms. The number of nitrogens with zero attached hydrogens (tertiary/aromatic N) is 3. The number of piperidine rings is 1. The van der Waals surface area contributed by atoms with Crippen LogP contribution in [-0.4, -0.2) is 53.2 Å². The maximum Gasteiger partial charge on any atom is 0.357 e. The minimum atomic E-state index is -1.04. The molecule has 6 heteroatoms. The largest absolute Gasteiger partial charge is 0.476 e. The maximum atomic E-state index is 10.8. The summed E-state index contributed by atoms with van der Waals surface area (Å²) in [6.45, 7) is 4.15. The van der Waals surface area contributed by atoms with E-state index in [4.69, 9.17) is 9.52 Å². The quantitative estimate of drug-likeness (QED) is 0.891. The van der Waals surface area contributed by atoms with Gasteiger partial charge in [0.15, 0.2) is 5.69 Å². The van der Waals surface area contributed by atoms with Crippen molar-refractivity contribution in [3.05, 3.63) is 12.0 Å². The molecule has 0 aliphatic carbocycles. The summed E-state index contributed by atoms with van der Waals surface area (Å²) in [7, 11) is 0. The molecular formula is C13H19N3O3. The predicted molar refractivity (Wildman–Crippen MR) is 69.5 cm³/mol. The van der Waals surface area contributed by atoms with Gasteiger partial charge in [-0.25, -0.2) is 4.79 Å². The molecule has 6 nitrogen and oxygen atoms in total. The lowest BCUT2D eigenvalue weighted by Crippen LogP contribution is -2.40. The molecule has 2 aliphatic rings. The van der Waals surface area contributed by atoms with E-state index in [1.54, 1.807) is 0 Å². The van der Waals surface area contributed by atoms with E-state index in [-0.39, 0.29) is 5.69 Å². The zero-order valence-electron chi connectivity index (χ0n) is 10.9. The lowest BCUT2D eigenvalue weighted by atomic mass is 10.1. The van der Waals surface area contributed by atoms with Crippen LogP contribution in [0.15, 0.2) is 10.7 Å². The van der Waals surface area contributed by atoms with Gasteiger partial charge in [-0.05, 0) is 32.4 Å². The lowest BCUT2D eigenvalue weighted by Gasteiger charge is -2.31. The van der Waals surface area contributed by atoms with E-state index in [0.29, 0.717) is 12.1 Å². The van der Waals surface area contributed by atoms with Crippen molar-refractivity contribution in [2.24, 2.45) is 0 Å². The van der Waals surface area contributed by atoms with E-state index in [0.717, 1.165) is 19.5 Å². The Morgan fingerprint density at radius 2 is 2.11 bits per heavy atom. The molecule has 1 aromatic heterocycles. The third kappa shape index (κ3) is 2.58. The molecule has 2 fully saturated rings. The molecule has 3 rings (SSSR count). The summed E-state index contributed by atoms with van der Waals surface area (Å²) in [5, 5.41) is 8.85. The van der Waals surface area contributed by atoms with Crippen LogP contribution in [0.2, 0.25) is 0 Å². The Kier molecular flexibility index (Phi) is 3.42. The zero-order chi connectivity index (χ0) is 13.2. The Balaban J connectivity index is 1.62. The molecule has 1 aromatic rings. The number of aromatic nitrogens is 1. The molecule has 0 spiro atoms. The number of carboxylic acid groups (broad SMARTS) is 1. The van der Waals surface area contributed by atoms with Crippen LogP contribution in [0, 0.1) is 0 Å². The monoisotopic (exact) mass is 265 g/mol. The van der Waals surface area contributed by atoms with Crippen LogP contribution in [0.1, 0.15) is 36.2 Å². The normalized spacial score (nSPS) is 24.8. The summed E-state index contributed by atoms with van der Waals surface area (Å²) in [6.07, 6.45) is 6.24. The summed E-state index contributed by atoms with van der Waals surface area (Å²) in [6, 6.07) is 0.998. The fraction of sp³-hybridized carbons (Fsp3) is 0.692. The van der Waals surface area contributed by atoms with E-state index in [9.17, 15) is 4.79 Å². The Labute approximate surface area is 112 Å². The highest BCUT2D eigenvalue weighted by Crippen LogP contribution is 2.24. The standard InChI is InChI=1S/C13H19N3O3/c17-12(18)11-9-19-13(14-11)16-7-4-10(8-16)15-5-2-1-3-6-15/h9-10H,1-8H2,(H,17,18). The van der Waals surface area contributed by atoms with Crippen LogP contribution in [0.5, 0.6) is 0 Å². The SMILES string of the molecule is O=C(O)c1coc(N2CCC(N3CCCCC3)C2)n1. The topological polar surface area (TPSA) is 69.8 Å². The first kappa shape index (κ1) is 12.5. The van der Waals surface area contributed by atoms with Crippen LogP contribution in [0.25, 0.3) is 0 Å². The van der Waals surface area contributed by atoms with Crippen molar-refractivity contribution in [2.75, 3.05) is 31.1 Å². The van der Waals surface area contributed by atoms with Crippen LogP contribution < -0.4 is 4.90 Å². The Hall–Kier alpha value is -1.56. The molecule has 19 heavy (non-hydrogen) atoms. The number of carboxylic acids is 1. The Bertz CT molecular complexity index is 454. The number of rotatable bonds is 3. The van der Waals surface area contributed by atoms with Crippen molar-refractivity contribution < 1.29 is 14.3 Å². The summed E-state index contributed by atoms with van der Waals surface area (Å²) >= 11 is 0. The number of likely N-dealkylation sites (tertiary alicyclic amines) is 1. The highest BCUT2D eigenvalue weighted by molar-refractivity contribution is 5.85. The van der Waals surface area contributed by atoms with Gasteiger partial charge in [0.1, 0.15) is 6.26 Å². The van der Waals surface area contributed by atoms with Gasteiger partial charge in [0.2, 0.25) is 0 Å². The Morgan fingerprint density at radius 3 is 2.79 bits per heavy atom. The summed E-state index contributed by atoms with van der Waals surface area (Å²) in [5.41, 5.74) is -0.0172. The van der Waals surface area contributed by atoms with Crippen molar-refractivity contribution in [1.82, 2.24) is 9.88 Å². The van der Waals surface area contributed by atoms with Crippen molar-refractivity contribution in [3.63, 3.8) is 0 Å². The first-order valence-corrected chi connectivity index (χ1v) is 6.92. The lowest BCUT2D eigenvalue weighted by molar-refractivity contribution is 0.0690. The highest BCUT2D eigenvalue weighted by Gasteiger charge is 2.30. The number of oxazole rings is 1. The maximum absolute atomic E-state index is 10.8. The molecule has 2 aliphatic heterocycles. The molecule has 1 N–H and O–H groups in total. The fourth-order valence-corrected chi connectivity index (χ4v) is 3.00. The highest BCUT2D eigenvalue weighted by atomic mass is 16.4. The van der Waals surface area contributed by atoms with Crippen LogP contribution in [-0.2, 0) is 0 Å². The van der Waals surface area contributed by atoms with Gasteiger partial charge in [-0.15, -0.1) is 0 Å². The molecule has 2 saturated heterocycles. The number of hydrogen-bond acceptors (Lipinski definition) is 5. The van der Waals surface area contributed by atoms with Gasteiger partial charge < -0.3 is 14.4 Å². The van der Waals surface area contributed by atoms with Gasteiger partial charge in [0.05, 0.1) is 0 Å². The van der Waals surface area contributed by atoms with Gasteiger partial charge in [-0.2, -0.15) is 4.98 Å². The molecule has 0 amide bonds. The van der Waals surface area contributed by atoms with Crippen molar-refractivity contribution >= 4 is 12.0 Å². The molecule has 1 unspecified atom stereocenters. The second-order valence-corrected chi connectivity index (χ2v) is 5.31. The summed E-state index contributed by atoms with van der Waals surface area (Å²) < 4.78 is 5.26.